The standard InChI is InChI=1S/C25H24N4O5/c1-32-25-18(3-2-8-26-25)15-5-7-22(30)19(11-15)23-28-20-6-4-16(12-21(20)29-23)24(31)27-13-17-14-33-9-10-34-17/h2-8,11-12,17,30H,9-10,13-14H2,1H3,(H,27,31)(H,28,29). The van der Waals surface area contributed by atoms with Gasteiger partial charge in [-0.25, -0.2) is 9.97 Å². The van der Waals surface area contributed by atoms with Crippen LogP contribution in [-0.2, 0) is 9.47 Å². The van der Waals surface area contributed by atoms with Gasteiger partial charge in [-0.15, -0.1) is 0 Å². The lowest BCUT2D eigenvalue weighted by Gasteiger charge is -2.23. The highest BCUT2D eigenvalue weighted by Crippen LogP contribution is 2.35. The number of methoxy groups -OCH3 is 1. The van der Waals surface area contributed by atoms with Gasteiger partial charge in [-0.3, -0.25) is 4.79 Å². The normalized spacial score (nSPS) is 15.9. The highest BCUT2D eigenvalue weighted by molar-refractivity contribution is 5.97. The third kappa shape index (κ3) is 4.43. The van der Waals surface area contributed by atoms with Gasteiger partial charge in [-0.2, -0.15) is 0 Å². The maximum absolute atomic E-state index is 12.6. The molecule has 3 N–H and O–H groups in total. The predicted octanol–water partition coefficient (Wildman–Crippen LogP) is 3.15. The Kier molecular flexibility index (Phi) is 6.11. The van der Waals surface area contributed by atoms with Crippen LogP contribution < -0.4 is 10.1 Å². The van der Waals surface area contributed by atoms with Gasteiger partial charge in [0.1, 0.15) is 11.6 Å². The van der Waals surface area contributed by atoms with Gasteiger partial charge >= 0.3 is 0 Å². The number of aromatic nitrogens is 3. The average molecular weight is 460 g/mol. The fourth-order valence-corrected chi connectivity index (χ4v) is 3.90. The van der Waals surface area contributed by atoms with Crippen molar-refractivity contribution in [3.05, 3.63) is 60.3 Å². The van der Waals surface area contributed by atoms with E-state index in [4.69, 9.17) is 14.2 Å². The van der Waals surface area contributed by atoms with Crippen LogP contribution in [0.3, 0.4) is 0 Å². The molecule has 0 bridgehead atoms. The van der Waals surface area contributed by atoms with E-state index in [9.17, 15) is 9.90 Å². The Labute approximate surface area is 195 Å². The Bertz CT molecular complexity index is 1330. The van der Waals surface area contributed by atoms with E-state index in [0.29, 0.717) is 54.7 Å². The SMILES string of the molecule is COc1ncccc1-c1ccc(O)c(-c2nc3cc(C(=O)NCC4COCCO4)ccc3[nH]2)c1. The van der Waals surface area contributed by atoms with Gasteiger partial charge in [0.15, 0.2) is 0 Å². The minimum atomic E-state index is -0.214. The van der Waals surface area contributed by atoms with Gasteiger partial charge in [-0.05, 0) is 48.0 Å². The molecule has 4 aromatic rings. The number of amides is 1. The zero-order valence-corrected chi connectivity index (χ0v) is 18.6. The summed E-state index contributed by atoms with van der Waals surface area (Å²) in [6, 6.07) is 14.2. The van der Waals surface area contributed by atoms with Crippen LogP contribution in [-0.4, -0.2) is 65.5 Å². The first-order valence-corrected chi connectivity index (χ1v) is 10.9. The van der Waals surface area contributed by atoms with Gasteiger partial charge in [0.2, 0.25) is 5.88 Å². The highest BCUT2D eigenvalue weighted by Gasteiger charge is 2.17. The smallest absolute Gasteiger partial charge is 0.251 e. The van der Waals surface area contributed by atoms with Crippen molar-refractivity contribution in [2.75, 3.05) is 33.5 Å². The fourth-order valence-electron chi connectivity index (χ4n) is 3.90. The van der Waals surface area contributed by atoms with Crippen molar-refractivity contribution in [2.45, 2.75) is 6.10 Å². The number of phenolic OH excluding ortho intramolecular Hbond substituents is 1. The lowest BCUT2D eigenvalue weighted by Crippen LogP contribution is -2.39. The monoisotopic (exact) mass is 460 g/mol. The lowest BCUT2D eigenvalue weighted by atomic mass is 10.0. The second-order valence-corrected chi connectivity index (χ2v) is 7.89. The number of nitrogens with one attached hydrogen (secondary N) is 2. The predicted molar refractivity (Wildman–Crippen MR) is 126 cm³/mol. The Balaban J connectivity index is 1.41. The average Bonchev–Trinajstić information content (AvgIpc) is 3.31. The molecule has 34 heavy (non-hydrogen) atoms. The maximum atomic E-state index is 12.6. The second kappa shape index (κ2) is 9.50. The Hall–Kier alpha value is -3.95. The maximum Gasteiger partial charge on any atom is 0.251 e. The summed E-state index contributed by atoms with van der Waals surface area (Å²) in [6.45, 7) is 1.96. The number of ether oxygens (including phenoxy) is 3. The molecule has 174 valence electrons. The van der Waals surface area contributed by atoms with Gasteiger partial charge in [0, 0.05) is 23.9 Å². The van der Waals surface area contributed by atoms with E-state index < -0.39 is 0 Å². The molecule has 1 atom stereocenters. The largest absolute Gasteiger partial charge is 0.507 e. The molecule has 0 aliphatic carbocycles. The van der Waals surface area contributed by atoms with Crippen molar-refractivity contribution < 1.29 is 24.1 Å². The minimum Gasteiger partial charge on any atom is -0.507 e. The molecule has 1 unspecified atom stereocenters. The van der Waals surface area contributed by atoms with Crippen LogP contribution in [0.2, 0.25) is 0 Å². The number of aromatic hydroxyl groups is 1. The summed E-state index contributed by atoms with van der Waals surface area (Å²) in [7, 11) is 1.57. The molecule has 0 radical (unpaired) electrons. The van der Waals surface area contributed by atoms with Crippen LogP contribution in [0.4, 0.5) is 0 Å². The third-order valence-electron chi connectivity index (χ3n) is 5.65. The summed E-state index contributed by atoms with van der Waals surface area (Å²) in [6.07, 6.45) is 1.51. The van der Waals surface area contributed by atoms with E-state index in [1.807, 2.05) is 18.2 Å². The summed E-state index contributed by atoms with van der Waals surface area (Å²) in [5, 5.41) is 13.4. The Morgan fingerprint density at radius 1 is 1.21 bits per heavy atom. The van der Waals surface area contributed by atoms with Crippen LogP contribution >= 0.6 is 0 Å². The fraction of sp³-hybridized carbons (Fsp3) is 0.240. The number of carbonyl (C=O) groups is 1. The van der Waals surface area contributed by atoms with Gasteiger partial charge in [0.25, 0.3) is 5.91 Å². The highest BCUT2D eigenvalue weighted by atomic mass is 16.6. The summed E-state index contributed by atoms with van der Waals surface area (Å²) < 4.78 is 16.3. The van der Waals surface area contributed by atoms with Crippen molar-refractivity contribution in [3.8, 4) is 34.1 Å². The first-order valence-electron chi connectivity index (χ1n) is 10.9. The number of phenols is 1. The topological polar surface area (TPSA) is 119 Å². The first kappa shape index (κ1) is 21.9. The number of fused-ring (bicyclic) bond motifs is 1. The van der Waals surface area contributed by atoms with E-state index in [1.54, 1.807) is 43.6 Å². The number of pyridine rings is 1. The van der Waals surface area contributed by atoms with Gasteiger partial charge in [0.05, 0.1) is 49.6 Å². The number of hydrogen-bond acceptors (Lipinski definition) is 7. The van der Waals surface area contributed by atoms with E-state index in [-0.39, 0.29) is 17.8 Å². The van der Waals surface area contributed by atoms with Crippen molar-refractivity contribution in [1.29, 1.82) is 0 Å². The molecule has 3 heterocycles. The molecule has 1 aliphatic rings. The molecule has 2 aromatic carbocycles. The summed E-state index contributed by atoms with van der Waals surface area (Å²) in [4.78, 5) is 24.7. The Morgan fingerprint density at radius 2 is 2.12 bits per heavy atom. The van der Waals surface area contributed by atoms with Crippen molar-refractivity contribution in [3.63, 3.8) is 0 Å². The molecule has 1 aliphatic heterocycles. The van der Waals surface area contributed by atoms with Crippen molar-refractivity contribution in [1.82, 2.24) is 20.3 Å². The number of H-pyrrole nitrogens is 1. The number of rotatable bonds is 6. The second-order valence-electron chi connectivity index (χ2n) is 7.89. The van der Waals surface area contributed by atoms with Crippen LogP contribution in [0.5, 0.6) is 11.6 Å². The number of benzene rings is 2. The molecule has 5 rings (SSSR count). The summed E-state index contributed by atoms with van der Waals surface area (Å²) in [5.74, 6) is 0.847. The molecule has 2 aromatic heterocycles. The lowest BCUT2D eigenvalue weighted by molar-refractivity contribution is -0.0855. The van der Waals surface area contributed by atoms with Crippen LogP contribution in [0.15, 0.2) is 54.7 Å². The zero-order chi connectivity index (χ0) is 23.5. The number of hydrogen-bond donors (Lipinski definition) is 3. The number of aromatic amines is 1. The van der Waals surface area contributed by atoms with Crippen LogP contribution in [0.25, 0.3) is 33.5 Å². The van der Waals surface area contributed by atoms with Crippen LogP contribution in [0, 0.1) is 0 Å². The molecular formula is C25H24N4O5. The van der Waals surface area contributed by atoms with Crippen molar-refractivity contribution in [2.24, 2.45) is 0 Å². The Morgan fingerprint density at radius 3 is 2.94 bits per heavy atom. The number of imidazole rings is 1. The van der Waals surface area contributed by atoms with Crippen LogP contribution in [0.1, 0.15) is 10.4 Å². The van der Waals surface area contributed by atoms with Crippen molar-refractivity contribution >= 4 is 16.9 Å². The molecule has 0 saturated carbocycles. The van der Waals surface area contributed by atoms with E-state index in [0.717, 1.165) is 16.6 Å². The molecule has 9 heteroatoms. The summed E-state index contributed by atoms with van der Waals surface area (Å²) in [5.41, 5.74) is 4.00. The third-order valence-corrected chi connectivity index (χ3v) is 5.65. The zero-order valence-electron chi connectivity index (χ0n) is 18.6. The molecular weight excluding hydrogens is 436 g/mol. The van der Waals surface area contributed by atoms with Gasteiger partial charge < -0.3 is 29.6 Å². The number of nitrogens with zero attached hydrogens (tertiary/aromatic N) is 2. The summed E-state index contributed by atoms with van der Waals surface area (Å²) >= 11 is 0. The number of carbonyl (C=O) groups excluding carboxylic acids is 1. The minimum absolute atomic E-state index is 0.0818. The van der Waals surface area contributed by atoms with E-state index in [2.05, 4.69) is 20.3 Å². The molecule has 0 spiro atoms. The molecule has 1 saturated heterocycles. The molecule has 9 nitrogen and oxygen atoms in total. The molecule has 1 amide bonds. The van der Waals surface area contributed by atoms with E-state index >= 15 is 0 Å². The quantitative estimate of drug-likeness (QED) is 0.404. The van der Waals surface area contributed by atoms with Gasteiger partial charge in [-0.1, -0.05) is 6.07 Å². The molecule has 1 fully saturated rings. The van der Waals surface area contributed by atoms with E-state index in [1.165, 1.54) is 0 Å². The first-order chi connectivity index (χ1) is 16.6.